The van der Waals surface area contributed by atoms with Crippen LogP contribution in [-0.4, -0.2) is 9.78 Å². The van der Waals surface area contributed by atoms with Gasteiger partial charge in [0.05, 0.1) is 11.4 Å². The molecular formula is C9H14N4. The molecule has 0 bridgehead atoms. The average Bonchev–Trinajstić information content (AvgIpc) is 2.50. The van der Waals surface area contributed by atoms with Gasteiger partial charge in [-0.15, -0.1) is 6.42 Å². The van der Waals surface area contributed by atoms with E-state index >= 15 is 0 Å². The summed E-state index contributed by atoms with van der Waals surface area (Å²) in [6.45, 7) is 2.05. The van der Waals surface area contributed by atoms with Crippen molar-refractivity contribution in [3.8, 4) is 12.3 Å². The minimum absolute atomic E-state index is 0.266. The smallest absolute Gasteiger partial charge is 0.123 e. The zero-order valence-corrected chi connectivity index (χ0v) is 7.91. The van der Waals surface area contributed by atoms with Crippen LogP contribution in [0.2, 0.25) is 0 Å². The number of hydrogen-bond acceptors (Lipinski definition) is 3. The van der Waals surface area contributed by atoms with Gasteiger partial charge < -0.3 is 0 Å². The molecule has 1 aromatic rings. The third kappa shape index (κ3) is 1.89. The molecule has 0 aliphatic rings. The highest BCUT2D eigenvalue weighted by Gasteiger charge is 2.11. The lowest BCUT2D eigenvalue weighted by molar-refractivity contribution is 0.599. The van der Waals surface area contributed by atoms with E-state index in [1.54, 1.807) is 4.68 Å². The molecule has 1 unspecified atom stereocenters. The van der Waals surface area contributed by atoms with E-state index in [0.717, 1.165) is 17.8 Å². The fraction of sp³-hybridized carbons (Fsp3) is 0.444. The molecule has 1 rings (SSSR count). The largest absolute Gasteiger partial charge is 0.270 e. The Balaban J connectivity index is 3.00. The van der Waals surface area contributed by atoms with E-state index in [4.69, 9.17) is 12.3 Å². The van der Waals surface area contributed by atoms with Gasteiger partial charge in [-0.3, -0.25) is 10.5 Å². The van der Waals surface area contributed by atoms with E-state index in [0.29, 0.717) is 0 Å². The van der Waals surface area contributed by atoms with Crippen molar-refractivity contribution in [2.24, 2.45) is 12.9 Å². The van der Waals surface area contributed by atoms with Gasteiger partial charge in [0.1, 0.15) is 6.04 Å². The van der Waals surface area contributed by atoms with Gasteiger partial charge in [-0.1, -0.05) is 12.8 Å². The summed E-state index contributed by atoms with van der Waals surface area (Å²) >= 11 is 0. The van der Waals surface area contributed by atoms with Gasteiger partial charge in [0.25, 0.3) is 0 Å². The fourth-order valence-electron chi connectivity index (χ4n) is 1.21. The molecule has 0 fully saturated rings. The standard InChI is InChI=1S/C9H14N4/c1-4-7-6-9(13(3)12-7)8(5-2)11-10/h2,6,8,11H,4,10H2,1,3H3. The highest BCUT2D eigenvalue weighted by atomic mass is 15.3. The summed E-state index contributed by atoms with van der Waals surface area (Å²) in [6.07, 6.45) is 6.20. The van der Waals surface area contributed by atoms with Crippen molar-refractivity contribution >= 4 is 0 Å². The van der Waals surface area contributed by atoms with E-state index in [1.807, 2.05) is 20.0 Å². The first-order valence-electron chi connectivity index (χ1n) is 4.18. The number of rotatable bonds is 3. The van der Waals surface area contributed by atoms with E-state index < -0.39 is 0 Å². The van der Waals surface area contributed by atoms with Crippen molar-refractivity contribution < 1.29 is 0 Å². The number of hydrogen-bond donors (Lipinski definition) is 2. The molecule has 3 N–H and O–H groups in total. The average molecular weight is 178 g/mol. The third-order valence-corrected chi connectivity index (χ3v) is 1.96. The van der Waals surface area contributed by atoms with Crippen LogP contribution in [0, 0.1) is 12.3 Å². The van der Waals surface area contributed by atoms with Gasteiger partial charge >= 0.3 is 0 Å². The van der Waals surface area contributed by atoms with Gasteiger partial charge in [-0.05, 0) is 12.5 Å². The Kier molecular flexibility index (Phi) is 3.07. The zero-order chi connectivity index (χ0) is 9.84. The van der Waals surface area contributed by atoms with Crippen molar-refractivity contribution in [2.45, 2.75) is 19.4 Å². The maximum atomic E-state index is 5.30. The monoisotopic (exact) mass is 178 g/mol. The molecule has 1 heterocycles. The van der Waals surface area contributed by atoms with Crippen molar-refractivity contribution in [1.82, 2.24) is 15.2 Å². The number of aryl methyl sites for hydroxylation is 2. The van der Waals surface area contributed by atoms with E-state index in [1.165, 1.54) is 0 Å². The molecule has 0 aliphatic heterocycles. The second-order valence-electron chi connectivity index (χ2n) is 2.80. The zero-order valence-electron chi connectivity index (χ0n) is 7.91. The number of terminal acetylenes is 1. The number of nitrogens with zero attached hydrogens (tertiary/aromatic N) is 2. The van der Waals surface area contributed by atoms with Crippen molar-refractivity contribution in [3.05, 3.63) is 17.5 Å². The Morgan fingerprint density at radius 1 is 1.85 bits per heavy atom. The fourth-order valence-corrected chi connectivity index (χ4v) is 1.21. The number of nitrogens with one attached hydrogen (secondary N) is 1. The lowest BCUT2D eigenvalue weighted by Gasteiger charge is -2.08. The van der Waals surface area contributed by atoms with Crippen LogP contribution in [0.15, 0.2) is 6.07 Å². The third-order valence-electron chi connectivity index (χ3n) is 1.96. The summed E-state index contributed by atoms with van der Waals surface area (Å²) in [5.74, 6) is 7.85. The molecule has 1 aromatic heterocycles. The minimum Gasteiger partial charge on any atom is -0.270 e. The van der Waals surface area contributed by atoms with Crippen molar-refractivity contribution in [3.63, 3.8) is 0 Å². The Morgan fingerprint density at radius 3 is 2.92 bits per heavy atom. The van der Waals surface area contributed by atoms with Crippen LogP contribution < -0.4 is 11.3 Å². The van der Waals surface area contributed by atoms with Crippen LogP contribution in [0.5, 0.6) is 0 Å². The quantitative estimate of drug-likeness (QED) is 0.393. The molecule has 0 radical (unpaired) electrons. The predicted molar refractivity (Wildman–Crippen MR) is 51.5 cm³/mol. The van der Waals surface area contributed by atoms with Crippen LogP contribution in [0.1, 0.15) is 24.4 Å². The van der Waals surface area contributed by atoms with Gasteiger partial charge in [0, 0.05) is 7.05 Å². The summed E-state index contributed by atoms with van der Waals surface area (Å²) in [4.78, 5) is 0. The summed E-state index contributed by atoms with van der Waals surface area (Å²) in [7, 11) is 1.86. The van der Waals surface area contributed by atoms with Crippen LogP contribution in [0.4, 0.5) is 0 Å². The van der Waals surface area contributed by atoms with Gasteiger partial charge in [-0.25, -0.2) is 5.43 Å². The molecule has 0 aromatic carbocycles. The first-order chi connectivity index (χ1) is 6.22. The molecule has 0 saturated carbocycles. The summed E-state index contributed by atoms with van der Waals surface area (Å²) < 4.78 is 1.75. The van der Waals surface area contributed by atoms with E-state index in [-0.39, 0.29) is 6.04 Å². The highest BCUT2D eigenvalue weighted by Crippen LogP contribution is 2.12. The lowest BCUT2D eigenvalue weighted by atomic mass is 10.2. The summed E-state index contributed by atoms with van der Waals surface area (Å²) in [5, 5.41) is 4.27. The first-order valence-corrected chi connectivity index (χ1v) is 4.18. The van der Waals surface area contributed by atoms with Gasteiger partial charge in [-0.2, -0.15) is 5.10 Å². The van der Waals surface area contributed by atoms with E-state index in [2.05, 4.69) is 16.4 Å². The number of aromatic nitrogens is 2. The van der Waals surface area contributed by atoms with Crippen LogP contribution in [-0.2, 0) is 13.5 Å². The second kappa shape index (κ2) is 4.08. The Hall–Kier alpha value is -1.31. The van der Waals surface area contributed by atoms with Crippen LogP contribution in [0.3, 0.4) is 0 Å². The SMILES string of the molecule is C#CC(NN)c1cc(CC)nn1C. The molecule has 0 aliphatic carbocycles. The molecule has 70 valence electrons. The second-order valence-corrected chi connectivity index (χ2v) is 2.80. The maximum absolute atomic E-state index is 5.30. The molecule has 1 atom stereocenters. The molecule has 13 heavy (non-hydrogen) atoms. The molecule has 4 heteroatoms. The number of nitrogens with two attached hydrogens (primary N) is 1. The number of hydrazine groups is 1. The van der Waals surface area contributed by atoms with E-state index in [9.17, 15) is 0 Å². The molecule has 0 saturated heterocycles. The van der Waals surface area contributed by atoms with Crippen molar-refractivity contribution in [2.75, 3.05) is 0 Å². The van der Waals surface area contributed by atoms with Gasteiger partial charge in [0.2, 0.25) is 0 Å². The topological polar surface area (TPSA) is 55.9 Å². The first kappa shape index (κ1) is 9.78. The van der Waals surface area contributed by atoms with Crippen molar-refractivity contribution in [1.29, 1.82) is 0 Å². The molecular weight excluding hydrogens is 164 g/mol. The maximum Gasteiger partial charge on any atom is 0.123 e. The molecule has 0 amide bonds. The minimum atomic E-state index is -0.266. The molecule has 0 spiro atoms. The Bertz CT molecular complexity index is 321. The summed E-state index contributed by atoms with van der Waals surface area (Å²) in [6, 6.07) is 1.70. The Labute approximate surface area is 78.1 Å². The van der Waals surface area contributed by atoms with Crippen LogP contribution in [0.25, 0.3) is 0 Å². The normalized spacial score (nSPS) is 12.5. The van der Waals surface area contributed by atoms with Crippen LogP contribution >= 0.6 is 0 Å². The van der Waals surface area contributed by atoms with Gasteiger partial charge in [0.15, 0.2) is 0 Å². The predicted octanol–water partition coefficient (Wildman–Crippen LogP) is 0.120. The molecule has 4 nitrogen and oxygen atoms in total. The Morgan fingerprint density at radius 2 is 2.54 bits per heavy atom. The highest BCUT2D eigenvalue weighted by molar-refractivity contribution is 5.21. The lowest BCUT2D eigenvalue weighted by Crippen LogP contribution is -2.28. The summed E-state index contributed by atoms with van der Waals surface area (Å²) in [5.41, 5.74) is 4.49.